The van der Waals surface area contributed by atoms with Gasteiger partial charge in [0.25, 0.3) is 5.69 Å². The highest BCUT2D eigenvalue weighted by atomic mass is 79.9. The molecule has 0 bridgehead atoms. The van der Waals surface area contributed by atoms with E-state index in [4.69, 9.17) is 4.74 Å². The first kappa shape index (κ1) is 17.1. The zero-order valence-corrected chi connectivity index (χ0v) is 14.9. The number of ether oxygens (including phenoxy) is 1. The number of Topliss-reactive ketones (excluding diaryl/α,β-unsaturated/α-hetero) is 1. The van der Waals surface area contributed by atoms with Gasteiger partial charge in [-0.15, -0.1) is 0 Å². The standard InChI is InChI=1S/C19H14BrNO4/c1-12-2-3-15(10-18(12)21(23)24)19(22)11-25-17-7-5-13-8-16(20)6-4-14(13)9-17/h2-10H,11H2,1H3. The highest BCUT2D eigenvalue weighted by molar-refractivity contribution is 9.10. The highest BCUT2D eigenvalue weighted by Gasteiger charge is 2.15. The number of carbonyl (C=O) groups is 1. The second kappa shape index (κ2) is 7.03. The van der Waals surface area contributed by atoms with E-state index in [9.17, 15) is 14.9 Å². The number of aryl methyl sites for hydroxylation is 1. The molecule has 0 fully saturated rings. The smallest absolute Gasteiger partial charge is 0.273 e. The quantitative estimate of drug-likeness (QED) is 0.340. The molecule has 3 rings (SSSR count). The van der Waals surface area contributed by atoms with E-state index < -0.39 is 4.92 Å². The summed E-state index contributed by atoms with van der Waals surface area (Å²) < 4.78 is 6.55. The molecule has 0 aliphatic rings. The van der Waals surface area contributed by atoms with Crippen LogP contribution in [-0.2, 0) is 0 Å². The maximum Gasteiger partial charge on any atom is 0.273 e. The van der Waals surface area contributed by atoms with E-state index >= 15 is 0 Å². The van der Waals surface area contributed by atoms with Crippen molar-refractivity contribution in [3.05, 3.63) is 80.3 Å². The van der Waals surface area contributed by atoms with Crippen molar-refractivity contribution >= 4 is 38.2 Å². The van der Waals surface area contributed by atoms with Gasteiger partial charge in [0.05, 0.1) is 4.92 Å². The van der Waals surface area contributed by atoms with E-state index in [1.807, 2.05) is 30.3 Å². The Morgan fingerprint density at radius 2 is 1.80 bits per heavy atom. The van der Waals surface area contributed by atoms with Gasteiger partial charge in [-0.1, -0.05) is 40.2 Å². The van der Waals surface area contributed by atoms with Gasteiger partial charge in [-0.25, -0.2) is 0 Å². The molecule has 126 valence electrons. The predicted octanol–water partition coefficient (Wildman–Crippen LogP) is 5.08. The number of nitro benzene ring substituents is 1. The number of carbonyl (C=O) groups excluding carboxylic acids is 1. The first-order valence-corrected chi connectivity index (χ1v) is 8.34. The highest BCUT2D eigenvalue weighted by Crippen LogP contribution is 2.24. The third-order valence-corrected chi connectivity index (χ3v) is 4.36. The zero-order valence-electron chi connectivity index (χ0n) is 13.4. The van der Waals surface area contributed by atoms with Gasteiger partial charge in [-0.3, -0.25) is 14.9 Å². The van der Waals surface area contributed by atoms with Crippen molar-refractivity contribution in [1.29, 1.82) is 0 Å². The maximum absolute atomic E-state index is 12.3. The molecule has 5 nitrogen and oxygen atoms in total. The molecule has 0 spiro atoms. The summed E-state index contributed by atoms with van der Waals surface area (Å²) in [6.07, 6.45) is 0. The summed E-state index contributed by atoms with van der Waals surface area (Å²) in [5.41, 5.74) is 0.715. The topological polar surface area (TPSA) is 69.4 Å². The normalized spacial score (nSPS) is 10.6. The van der Waals surface area contributed by atoms with E-state index in [-0.39, 0.29) is 23.6 Å². The van der Waals surface area contributed by atoms with E-state index in [0.717, 1.165) is 15.2 Å². The molecule has 0 aromatic heterocycles. The lowest BCUT2D eigenvalue weighted by Gasteiger charge is -2.08. The van der Waals surface area contributed by atoms with Crippen LogP contribution < -0.4 is 4.74 Å². The van der Waals surface area contributed by atoms with Crippen molar-refractivity contribution in [2.75, 3.05) is 6.61 Å². The molecule has 25 heavy (non-hydrogen) atoms. The Kier molecular flexibility index (Phi) is 4.81. The minimum atomic E-state index is -0.492. The summed E-state index contributed by atoms with van der Waals surface area (Å²) >= 11 is 3.42. The minimum Gasteiger partial charge on any atom is -0.485 e. The Morgan fingerprint density at radius 1 is 1.08 bits per heavy atom. The maximum atomic E-state index is 12.3. The van der Waals surface area contributed by atoms with Gasteiger partial charge < -0.3 is 4.74 Å². The average molecular weight is 400 g/mol. The summed E-state index contributed by atoms with van der Waals surface area (Å²) in [6.45, 7) is 1.46. The number of rotatable bonds is 5. The van der Waals surface area contributed by atoms with Crippen molar-refractivity contribution in [2.24, 2.45) is 0 Å². The first-order chi connectivity index (χ1) is 11.9. The molecule has 6 heteroatoms. The second-order valence-corrected chi connectivity index (χ2v) is 6.54. The van der Waals surface area contributed by atoms with Crippen LogP contribution in [0.5, 0.6) is 5.75 Å². The Bertz CT molecular complexity index is 984. The van der Waals surface area contributed by atoms with E-state index in [0.29, 0.717) is 11.3 Å². The van der Waals surface area contributed by atoms with E-state index in [1.54, 1.807) is 25.1 Å². The van der Waals surface area contributed by atoms with Crippen molar-refractivity contribution in [2.45, 2.75) is 6.92 Å². The number of hydrogen-bond acceptors (Lipinski definition) is 4. The SMILES string of the molecule is Cc1ccc(C(=O)COc2ccc3cc(Br)ccc3c2)cc1[N+](=O)[O-]. The molecule has 3 aromatic rings. The van der Waals surface area contributed by atoms with Gasteiger partial charge in [0, 0.05) is 21.7 Å². The number of benzene rings is 3. The van der Waals surface area contributed by atoms with Crippen LogP contribution in [0.15, 0.2) is 59.1 Å². The Labute approximate surface area is 152 Å². The van der Waals surface area contributed by atoms with Crippen LogP contribution >= 0.6 is 15.9 Å². The van der Waals surface area contributed by atoms with Gasteiger partial charge in [-0.05, 0) is 42.0 Å². The molecule has 0 saturated heterocycles. The van der Waals surface area contributed by atoms with Crippen LogP contribution in [-0.4, -0.2) is 17.3 Å². The first-order valence-electron chi connectivity index (χ1n) is 7.54. The summed E-state index contributed by atoms with van der Waals surface area (Å²) in [7, 11) is 0. The molecule has 0 unspecified atom stereocenters. The van der Waals surface area contributed by atoms with E-state index in [2.05, 4.69) is 15.9 Å². The second-order valence-electron chi connectivity index (χ2n) is 5.62. The van der Waals surface area contributed by atoms with Crippen molar-refractivity contribution < 1.29 is 14.5 Å². The summed E-state index contributed by atoms with van der Waals surface area (Å²) in [6, 6.07) is 15.9. The largest absolute Gasteiger partial charge is 0.485 e. The number of fused-ring (bicyclic) bond motifs is 1. The van der Waals surface area contributed by atoms with Gasteiger partial charge in [0.2, 0.25) is 0 Å². The molecule has 0 radical (unpaired) electrons. The molecule has 0 heterocycles. The fourth-order valence-corrected chi connectivity index (χ4v) is 2.88. The van der Waals surface area contributed by atoms with Crippen molar-refractivity contribution in [1.82, 2.24) is 0 Å². The molecule has 0 saturated carbocycles. The van der Waals surface area contributed by atoms with Gasteiger partial charge in [0.1, 0.15) is 5.75 Å². The molecular weight excluding hydrogens is 386 g/mol. The molecule has 0 amide bonds. The third kappa shape index (κ3) is 3.85. The van der Waals surface area contributed by atoms with Crippen LogP contribution in [0, 0.1) is 17.0 Å². The van der Waals surface area contributed by atoms with Gasteiger partial charge in [0.15, 0.2) is 12.4 Å². The molecule has 0 N–H and O–H groups in total. The summed E-state index contributed by atoms with van der Waals surface area (Å²) in [4.78, 5) is 22.8. The predicted molar refractivity (Wildman–Crippen MR) is 99.3 cm³/mol. The fourth-order valence-electron chi connectivity index (χ4n) is 2.50. The molecule has 0 atom stereocenters. The van der Waals surface area contributed by atoms with E-state index in [1.165, 1.54) is 6.07 Å². The number of halogens is 1. The van der Waals surface area contributed by atoms with Gasteiger partial charge >= 0.3 is 0 Å². The monoisotopic (exact) mass is 399 g/mol. The summed E-state index contributed by atoms with van der Waals surface area (Å²) in [5.74, 6) is 0.267. The summed E-state index contributed by atoms with van der Waals surface area (Å²) in [5, 5.41) is 13.0. The Hall–Kier alpha value is -2.73. The Morgan fingerprint density at radius 3 is 2.56 bits per heavy atom. The van der Waals surface area contributed by atoms with Gasteiger partial charge in [-0.2, -0.15) is 0 Å². The molecule has 3 aromatic carbocycles. The Balaban J connectivity index is 1.75. The molecule has 0 aliphatic carbocycles. The molecular formula is C19H14BrNO4. The van der Waals surface area contributed by atoms with Crippen LogP contribution in [0.1, 0.15) is 15.9 Å². The fraction of sp³-hybridized carbons (Fsp3) is 0.105. The van der Waals surface area contributed by atoms with Crippen molar-refractivity contribution in [3.63, 3.8) is 0 Å². The van der Waals surface area contributed by atoms with Crippen LogP contribution in [0.3, 0.4) is 0 Å². The number of nitrogens with zero attached hydrogens (tertiary/aromatic N) is 1. The lowest BCUT2D eigenvalue weighted by Crippen LogP contribution is -2.12. The number of ketones is 1. The third-order valence-electron chi connectivity index (χ3n) is 3.87. The zero-order chi connectivity index (χ0) is 18.0. The van der Waals surface area contributed by atoms with Crippen molar-refractivity contribution in [3.8, 4) is 5.75 Å². The average Bonchev–Trinajstić information content (AvgIpc) is 2.59. The van der Waals surface area contributed by atoms with Crippen LogP contribution in [0.25, 0.3) is 10.8 Å². The lowest BCUT2D eigenvalue weighted by atomic mass is 10.1. The number of hydrogen-bond donors (Lipinski definition) is 0. The number of nitro groups is 1. The minimum absolute atomic E-state index is 0.0675. The van der Waals surface area contributed by atoms with Crippen LogP contribution in [0.4, 0.5) is 5.69 Å². The molecule has 0 aliphatic heterocycles. The lowest BCUT2D eigenvalue weighted by molar-refractivity contribution is -0.385. The van der Waals surface area contributed by atoms with Crippen LogP contribution in [0.2, 0.25) is 0 Å².